The van der Waals surface area contributed by atoms with Crippen LogP contribution in [0.25, 0.3) is 0 Å². The molecule has 0 amide bonds. The van der Waals surface area contributed by atoms with E-state index in [4.69, 9.17) is 9.84 Å². The van der Waals surface area contributed by atoms with Gasteiger partial charge in [0, 0.05) is 24.7 Å². The minimum Gasteiger partial charge on any atom is -0.504 e. The van der Waals surface area contributed by atoms with Gasteiger partial charge in [-0.25, -0.2) is 4.39 Å². The molecule has 1 aromatic carbocycles. The number of rotatable bonds is 3. The van der Waals surface area contributed by atoms with Crippen molar-refractivity contribution in [3.8, 4) is 11.5 Å². The van der Waals surface area contributed by atoms with Crippen LogP contribution in [0.2, 0.25) is 0 Å². The first-order chi connectivity index (χ1) is 6.61. The van der Waals surface area contributed by atoms with E-state index < -0.39 is 5.82 Å². The standard InChI is InChI=1S/C9H10BrFO3/c1-14-9-5(2-3-12)8(11)6(10)4-7(9)13/h4,12-13H,2-3H2,1H3. The fourth-order valence-electron chi connectivity index (χ4n) is 1.21. The minimum atomic E-state index is -0.520. The molecule has 0 spiro atoms. The van der Waals surface area contributed by atoms with Crippen molar-refractivity contribution >= 4 is 15.9 Å². The van der Waals surface area contributed by atoms with Crippen LogP contribution in [-0.4, -0.2) is 23.9 Å². The predicted molar refractivity (Wildman–Crippen MR) is 53.1 cm³/mol. The molecule has 0 aromatic heterocycles. The normalized spacial score (nSPS) is 10.3. The molecule has 0 fully saturated rings. The maximum Gasteiger partial charge on any atom is 0.166 e. The van der Waals surface area contributed by atoms with Crippen molar-refractivity contribution in [3.63, 3.8) is 0 Å². The smallest absolute Gasteiger partial charge is 0.166 e. The quantitative estimate of drug-likeness (QED) is 0.876. The molecular weight excluding hydrogens is 255 g/mol. The Hall–Kier alpha value is -0.810. The van der Waals surface area contributed by atoms with Crippen LogP contribution in [0.15, 0.2) is 10.5 Å². The highest BCUT2D eigenvalue weighted by Gasteiger charge is 2.16. The summed E-state index contributed by atoms with van der Waals surface area (Å²) in [6.07, 6.45) is 0.0992. The van der Waals surface area contributed by atoms with Crippen LogP contribution in [-0.2, 0) is 6.42 Å². The van der Waals surface area contributed by atoms with Gasteiger partial charge in [0.05, 0.1) is 11.6 Å². The van der Waals surface area contributed by atoms with Crippen molar-refractivity contribution in [2.45, 2.75) is 6.42 Å². The highest BCUT2D eigenvalue weighted by Crippen LogP contribution is 2.36. The molecule has 5 heteroatoms. The molecule has 0 aliphatic heterocycles. The van der Waals surface area contributed by atoms with E-state index in [-0.39, 0.29) is 34.6 Å². The number of aliphatic hydroxyl groups excluding tert-OH is 1. The van der Waals surface area contributed by atoms with Crippen molar-refractivity contribution in [2.24, 2.45) is 0 Å². The second-order valence-corrected chi connectivity index (χ2v) is 3.53. The van der Waals surface area contributed by atoms with Gasteiger partial charge in [-0.05, 0) is 15.9 Å². The highest BCUT2D eigenvalue weighted by molar-refractivity contribution is 9.10. The van der Waals surface area contributed by atoms with Gasteiger partial charge in [-0.3, -0.25) is 0 Å². The monoisotopic (exact) mass is 264 g/mol. The number of halogens is 2. The first-order valence-electron chi connectivity index (χ1n) is 3.96. The lowest BCUT2D eigenvalue weighted by molar-refractivity contribution is 0.292. The minimum absolute atomic E-state index is 0.0692. The Balaban J connectivity index is 3.32. The maximum absolute atomic E-state index is 13.5. The summed E-state index contributed by atoms with van der Waals surface area (Å²) in [5.74, 6) is -0.599. The molecule has 0 radical (unpaired) electrons. The second-order valence-electron chi connectivity index (χ2n) is 2.68. The average molecular weight is 265 g/mol. The fraction of sp³-hybridized carbons (Fsp3) is 0.333. The SMILES string of the molecule is COc1c(O)cc(Br)c(F)c1CCO. The van der Waals surface area contributed by atoms with E-state index in [1.54, 1.807) is 0 Å². The number of ether oxygens (including phenoxy) is 1. The highest BCUT2D eigenvalue weighted by atomic mass is 79.9. The summed E-state index contributed by atoms with van der Waals surface area (Å²) in [6.45, 7) is -0.205. The van der Waals surface area contributed by atoms with Gasteiger partial charge in [-0.1, -0.05) is 0 Å². The zero-order valence-corrected chi connectivity index (χ0v) is 9.14. The molecule has 1 rings (SSSR count). The van der Waals surface area contributed by atoms with Gasteiger partial charge in [-0.2, -0.15) is 0 Å². The van der Waals surface area contributed by atoms with Crippen LogP contribution in [0.1, 0.15) is 5.56 Å². The van der Waals surface area contributed by atoms with Crippen LogP contribution in [0.3, 0.4) is 0 Å². The van der Waals surface area contributed by atoms with E-state index in [0.29, 0.717) is 0 Å². The van der Waals surface area contributed by atoms with E-state index >= 15 is 0 Å². The summed E-state index contributed by atoms with van der Waals surface area (Å²) in [6, 6.07) is 1.22. The predicted octanol–water partition coefficient (Wildman–Crippen LogP) is 1.84. The van der Waals surface area contributed by atoms with Crippen LogP contribution in [0, 0.1) is 5.82 Å². The van der Waals surface area contributed by atoms with E-state index in [1.165, 1.54) is 13.2 Å². The Labute approximate surface area is 89.3 Å². The van der Waals surface area contributed by atoms with Gasteiger partial charge in [0.1, 0.15) is 5.82 Å². The fourth-order valence-corrected chi connectivity index (χ4v) is 1.67. The summed E-state index contributed by atoms with van der Waals surface area (Å²) >= 11 is 2.96. The molecule has 1 aromatic rings. The van der Waals surface area contributed by atoms with Crippen LogP contribution in [0.5, 0.6) is 11.5 Å². The Morgan fingerprint density at radius 1 is 1.57 bits per heavy atom. The van der Waals surface area contributed by atoms with Crippen molar-refractivity contribution < 1.29 is 19.3 Å². The van der Waals surface area contributed by atoms with E-state index in [1.807, 2.05) is 0 Å². The molecule has 0 aliphatic carbocycles. The summed E-state index contributed by atoms with van der Waals surface area (Å²) < 4.78 is 18.5. The van der Waals surface area contributed by atoms with E-state index in [9.17, 15) is 9.50 Å². The summed E-state index contributed by atoms with van der Waals surface area (Å²) in [5, 5.41) is 18.1. The average Bonchev–Trinajstić information content (AvgIpc) is 2.14. The van der Waals surface area contributed by atoms with E-state index in [0.717, 1.165) is 0 Å². The number of hydrogen-bond acceptors (Lipinski definition) is 3. The van der Waals surface area contributed by atoms with Gasteiger partial charge < -0.3 is 14.9 Å². The maximum atomic E-state index is 13.5. The number of aromatic hydroxyl groups is 1. The van der Waals surface area contributed by atoms with Gasteiger partial charge in [-0.15, -0.1) is 0 Å². The lowest BCUT2D eigenvalue weighted by Crippen LogP contribution is -2.00. The number of phenolic OH excluding ortho intramolecular Hbond substituents is 1. The molecule has 0 aliphatic rings. The number of phenols is 1. The molecular formula is C9H10BrFO3. The topological polar surface area (TPSA) is 49.7 Å². The Bertz CT molecular complexity index is 341. The number of benzene rings is 1. The third-order valence-corrected chi connectivity index (χ3v) is 2.39. The molecule has 78 valence electrons. The zero-order chi connectivity index (χ0) is 10.7. The molecule has 3 nitrogen and oxygen atoms in total. The number of hydrogen-bond donors (Lipinski definition) is 2. The largest absolute Gasteiger partial charge is 0.504 e. The van der Waals surface area contributed by atoms with Gasteiger partial charge in [0.15, 0.2) is 11.5 Å². The third-order valence-electron chi connectivity index (χ3n) is 1.81. The second kappa shape index (κ2) is 4.61. The van der Waals surface area contributed by atoms with Crippen molar-refractivity contribution in [3.05, 3.63) is 21.9 Å². The van der Waals surface area contributed by atoms with Crippen LogP contribution < -0.4 is 4.74 Å². The summed E-state index contributed by atoms with van der Waals surface area (Å²) in [4.78, 5) is 0. The Kier molecular flexibility index (Phi) is 3.71. The van der Waals surface area contributed by atoms with Crippen molar-refractivity contribution in [1.29, 1.82) is 0 Å². The molecule has 0 heterocycles. The summed E-state index contributed by atoms with van der Waals surface area (Å²) in [5.41, 5.74) is 0.168. The lowest BCUT2D eigenvalue weighted by atomic mass is 10.1. The summed E-state index contributed by atoms with van der Waals surface area (Å²) in [7, 11) is 1.34. The van der Waals surface area contributed by atoms with Crippen LogP contribution in [0.4, 0.5) is 4.39 Å². The molecule has 0 unspecified atom stereocenters. The number of methoxy groups -OCH3 is 1. The zero-order valence-electron chi connectivity index (χ0n) is 7.55. The van der Waals surface area contributed by atoms with Gasteiger partial charge >= 0.3 is 0 Å². The molecule has 0 atom stereocenters. The first-order valence-corrected chi connectivity index (χ1v) is 4.75. The van der Waals surface area contributed by atoms with Crippen molar-refractivity contribution in [2.75, 3.05) is 13.7 Å². The Morgan fingerprint density at radius 3 is 2.71 bits per heavy atom. The van der Waals surface area contributed by atoms with E-state index in [2.05, 4.69) is 15.9 Å². The molecule has 0 saturated carbocycles. The van der Waals surface area contributed by atoms with Crippen molar-refractivity contribution in [1.82, 2.24) is 0 Å². The first kappa shape index (κ1) is 11.3. The third kappa shape index (κ3) is 1.99. The van der Waals surface area contributed by atoms with Crippen LogP contribution >= 0.6 is 15.9 Å². The lowest BCUT2D eigenvalue weighted by Gasteiger charge is -2.11. The molecule has 0 saturated heterocycles. The molecule has 0 bridgehead atoms. The molecule has 14 heavy (non-hydrogen) atoms. The Morgan fingerprint density at radius 2 is 2.21 bits per heavy atom. The molecule has 2 N–H and O–H groups in total. The van der Waals surface area contributed by atoms with Gasteiger partial charge in [0.25, 0.3) is 0 Å². The van der Waals surface area contributed by atoms with Gasteiger partial charge in [0.2, 0.25) is 0 Å². The number of aliphatic hydroxyl groups is 1.